The van der Waals surface area contributed by atoms with E-state index < -0.39 is 6.09 Å². The van der Waals surface area contributed by atoms with E-state index in [2.05, 4.69) is 32.9 Å². The Bertz CT molecular complexity index is 849. The summed E-state index contributed by atoms with van der Waals surface area (Å²) in [6, 6.07) is 1.78. The minimum absolute atomic E-state index is 0.00579. The molecule has 0 radical (unpaired) electrons. The smallest absolute Gasteiger partial charge is 0.407 e. The highest BCUT2D eigenvalue weighted by atomic mass is 127. The van der Waals surface area contributed by atoms with Gasteiger partial charge in [-0.3, -0.25) is 9.78 Å². The van der Waals surface area contributed by atoms with Crippen molar-refractivity contribution in [1.29, 1.82) is 0 Å². The van der Waals surface area contributed by atoms with E-state index in [1.54, 1.807) is 12.4 Å². The lowest BCUT2D eigenvalue weighted by Crippen LogP contribution is -2.53. The monoisotopic (exact) mass is 467 g/mol. The average molecular weight is 467 g/mol. The lowest BCUT2D eigenvalue weighted by molar-refractivity contribution is -0.117. The summed E-state index contributed by atoms with van der Waals surface area (Å²) in [5, 5.41) is 12.0. The maximum absolute atomic E-state index is 12.2. The first kappa shape index (κ1) is 17.3. The van der Waals surface area contributed by atoms with Crippen molar-refractivity contribution in [3.8, 4) is 5.75 Å². The summed E-state index contributed by atoms with van der Waals surface area (Å²) in [6.45, 7) is 1.54. The lowest BCUT2D eigenvalue weighted by atomic mass is 10.00. The molecule has 0 unspecified atom stereocenters. The van der Waals surface area contributed by atoms with Crippen LogP contribution in [0.25, 0.3) is 5.57 Å². The van der Waals surface area contributed by atoms with Gasteiger partial charge in [-0.1, -0.05) is 5.57 Å². The average Bonchev–Trinajstić information content (AvgIpc) is 2.92. The largest absolute Gasteiger partial charge is 0.489 e. The molecular formula is C18H18IN3O4. The van der Waals surface area contributed by atoms with E-state index in [0.717, 1.165) is 39.6 Å². The summed E-state index contributed by atoms with van der Waals surface area (Å²) in [7, 11) is 0. The molecule has 2 aliphatic heterocycles. The van der Waals surface area contributed by atoms with Gasteiger partial charge < -0.3 is 20.1 Å². The van der Waals surface area contributed by atoms with Crippen LogP contribution in [0.4, 0.5) is 4.79 Å². The van der Waals surface area contributed by atoms with Crippen LogP contribution in [0.5, 0.6) is 5.75 Å². The molecule has 3 heterocycles. The van der Waals surface area contributed by atoms with Crippen molar-refractivity contribution in [3.63, 3.8) is 0 Å². The number of ether oxygens (including phenoxy) is 1. The van der Waals surface area contributed by atoms with Crippen LogP contribution in [-0.4, -0.2) is 52.7 Å². The molecule has 4 rings (SSSR count). The molecule has 0 aromatic carbocycles. The minimum Gasteiger partial charge on any atom is -0.489 e. The summed E-state index contributed by atoms with van der Waals surface area (Å²) in [5.41, 5.74) is 3.97. The van der Waals surface area contributed by atoms with Gasteiger partial charge in [0.05, 0.1) is 17.8 Å². The first-order valence-electron chi connectivity index (χ1n) is 8.52. The summed E-state index contributed by atoms with van der Waals surface area (Å²) in [5.74, 6) is 0.628. The van der Waals surface area contributed by atoms with Crippen LogP contribution in [0.3, 0.4) is 0 Å². The first-order valence-corrected chi connectivity index (χ1v) is 9.60. The zero-order valence-corrected chi connectivity index (χ0v) is 16.2. The fraction of sp³-hybridized carbons (Fsp3) is 0.389. The molecule has 136 valence electrons. The molecule has 1 fully saturated rings. The highest BCUT2D eigenvalue weighted by molar-refractivity contribution is 14.1. The Kier molecular flexibility index (Phi) is 4.60. The molecule has 0 spiro atoms. The number of rotatable bonds is 4. The molecule has 0 bridgehead atoms. The van der Waals surface area contributed by atoms with Crippen LogP contribution in [0.2, 0.25) is 0 Å². The zero-order valence-electron chi connectivity index (χ0n) is 14.0. The molecule has 7 nitrogen and oxygen atoms in total. The molecule has 1 saturated heterocycles. The molecule has 1 atom stereocenters. The number of nitrogens with zero attached hydrogens (tertiary/aromatic N) is 2. The number of hydrogen-bond acceptors (Lipinski definition) is 4. The van der Waals surface area contributed by atoms with E-state index in [9.17, 15) is 9.59 Å². The van der Waals surface area contributed by atoms with Crippen molar-refractivity contribution >= 4 is 40.2 Å². The quantitative estimate of drug-likeness (QED) is 0.665. The van der Waals surface area contributed by atoms with Gasteiger partial charge in [0, 0.05) is 28.4 Å². The Labute approximate surface area is 164 Å². The summed E-state index contributed by atoms with van der Waals surface area (Å²) in [4.78, 5) is 28.8. The van der Waals surface area contributed by atoms with E-state index in [-0.39, 0.29) is 11.9 Å². The first-order chi connectivity index (χ1) is 12.6. The SMILES string of the molecule is O=C1NCCC2=C1C(I)=C(c1ccncc1OC[C@H]1CCN1C(=O)O)C2. The van der Waals surface area contributed by atoms with Crippen LogP contribution in [0.1, 0.15) is 24.8 Å². The van der Waals surface area contributed by atoms with Crippen molar-refractivity contribution < 1.29 is 19.4 Å². The van der Waals surface area contributed by atoms with E-state index in [4.69, 9.17) is 9.84 Å². The van der Waals surface area contributed by atoms with Crippen LogP contribution < -0.4 is 10.1 Å². The minimum atomic E-state index is -0.910. The standard InChI is InChI=1S/C18H18IN3O4/c19-16-13(7-10-1-5-21-17(23)15(10)16)12-2-4-20-8-14(12)26-9-11-3-6-22(11)18(24)25/h2,4,8,11H,1,3,5-7,9H2,(H,21,23)(H,24,25)/t11-/m1/s1. The van der Waals surface area contributed by atoms with Crippen LogP contribution in [-0.2, 0) is 4.79 Å². The normalized spacial score (nSPS) is 22.1. The molecule has 2 amide bonds. The van der Waals surface area contributed by atoms with E-state index >= 15 is 0 Å². The van der Waals surface area contributed by atoms with Crippen molar-refractivity contribution in [2.75, 3.05) is 19.7 Å². The molecule has 1 aromatic heterocycles. The van der Waals surface area contributed by atoms with Crippen molar-refractivity contribution in [1.82, 2.24) is 15.2 Å². The Morgan fingerprint density at radius 1 is 1.50 bits per heavy atom. The summed E-state index contributed by atoms with van der Waals surface area (Å²) >= 11 is 2.24. The highest BCUT2D eigenvalue weighted by Gasteiger charge is 2.34. The fourth-order valence-electron chi connectivity index (χ4n) is 3.58. The Morgan fingerprint density at radius 3 is 3.04 bits per heavy atom. The number of amides is 2. The number of carboxylic acid groups (broad SMARTS) is 1. The lowest BCUT2D eigenvalue weighted by Gasteiger charge is -2.38. The Hall–Kier alpha value is -2.10. The second kappa shape index (κ2) is 6.90. The van der Waals surface area contributed by atoms with Crippen LogP contribution in [0, 0.1) is 0 Å². The number of aromatic nitrogens is 1. The topological polar surface area (TPSA) is 91.8 Å². The van der Waals surface area contributed by atoms with Gasteiger partial charge in [0.25, 0.3) is 5.91 Å². The predicted molar refractivity (Wildman–Crippen MR) is 103 cm³/mol. The summed E-state index contributed by atoms with van der Waals surface area (Å²) in [6.07, 6.45) is 4.88. The van der Waals surface area contributed by atoms with E-state index in [1.807, 2.05) is 6.07 Å². The number of nitrogens with one attached hydrogen (secondary N) is 1. The van der Waals surface area contributed by atoms with Gasteiger partial charge in [0.1, 0.15) is 12.4 Å². The molecular weight excluding hydrogens is 449 g/mol. The van der Waals surface area contributed by atoms with Crippen molar-refractivity contribution in [3.05, 3.63) is 38.7 Å². The second-order valence-electron chi connectivity index (χ2n) is 6.56. The van der Waals surface area contributed by atoms with Gasteiger partial charge >= 0.3 is 6.09 Å². The van der Waals surface area contributed by atoms with Crippen LogP contribution >= 0.6 is 22.6 Å². The molecule has 1 aliphatic carbocycles. The maximum Gasteiger partial charge on any atom is 0.407 e. The summed E-state index contributed by atoms with van der Waals surface area (Å²) < 4.78 is 6.90. The predicted octanol–water partition coefficient (Wildman–Crippen LogP) is 2.58. The van der Waals surface area contributed by atoms with Gasteiger partial charge in [-0.15, -0.1) is 0 Å². The van der Waals surface area contributed by atoms with Gasteiger partial charge in [-0.05, 0) is 53.5 Å². The third kappa shape index (κ3) is 2.95. The molecule has 3 aliphatic rings. The van der Waals surface area contributed by atoms with E-state index in [1.165, 1.54) is 10.5 Å². The number of pyridine rings is 1. The maximum atomic E-state index is 12.2. The third-order valence-corrected chi connectivity index (χ3v) is 6.29. The van der Waals surface area contributed by atoms with Gasteiger partial charge in [0.2, 0.25) is 0 Å². The fourth-order valence-corrected chi connectivity index (χ4v) is 4.69. The van der Waals surface area contributed by atoms with Crippen molar-refractivity contribution in [2.45, 2.75) is 25.3 Å². The number of hydrogen-bond donors (Lipinski definition) is 2. The molecule has 1 aromatic rings. The van der Waals surface area contributed by atoms with Crippen molar-refractivity contribution in [2.24, 2.45) is 0 Å². The van der Waals surface area contributed by atoms with Gasteiger partial charge in [-0.25, -0.2) is 4.79 Å². The van der Waals surface area contributed by atoms with E-state index in [0.29, 0.717) is 25.4 Å². The highest BCUT2D eigenvalue weighted by Crippen LogP contribution is 2.46. The van der Waals surface area contributed by atoms with Gasteiger partial charge in [-0.2, -0.15) is 0 Å². The molecule has 2 N–H and O–H groups in total. The Balaban J connectivity index is 1.55. The second-order valence-corrected chi connectivity index (χ2v) is 7.63. The van der Waals surface area contributed by atoms with Crippen LogP contribution in [0.15, 0.2) is 33.2 Å². The van der Waals surface area contributed by atoms with Gasteiger partial charge in [0.15, 0.2) is 0 Å². The Morgan fingerprint density at radius 2 is 2.35 bits per heavy atom. The molecule has 8 heteroatoms. The molecule has 0 saturated carbocycles. The third-order valence-electron chi connectivity index (χ3n) is 5.10. The molecule has 26 heavy (non-hydrogen) atoms. The number of likely N-dealkylation sites (tertiary alicyclic amines) is 1. The zero-order chi connectivity index (χ0) is 18.3. The number of allylic oxidation sites excluding steroid dienone is 1. The number of carbonyl (C=O) groups is 2. The number of carbonyl (C=O) groups excluding carboxylic acids is 1. The number of halogens is 1.